The van der Waals surface area contributed by atoms with Crippen LogP contribution in [0.3, 0.4) is 0 Å². The Hall–Kier alpha value is -1.32. The number of benzene rings is 1. The van der Waals surface area contributed by atoms with Crippen LogP contribution in [0.25, 0.3) is 11.0 Å². The summed E-state index contributed by atoms with van der Waals surface area (Å²) in [5.41, 5.74) is 6.36. The van der Waals surface area contributed by atoms with Gasteiger partial charge in [0, 0.05) is 16.8 Å². The van der Waals surface area contributed by atoms with Crippen LogP contribution >= 0.6 is 11.6 Å². The highest BCUT2D eigenvalue weighted by atomic mass is 35.5. The van der Waals surface area contributed by atoms with Crippen LogP contribution in [0.15, 0.2) is 28.7 Å². The van der Waals surface area contributed by atoms with Gasteiger partial charge in [0.1, 0.15) is 5.58 Å². The number of fused-ring (bicyclic) bond motifs is 1. The van der Waals surface area contributed by atoms with Gasteiger partial charge in [0.05, 0.1) is 0 Å². The lowest BCUT2D eigenvalue weighted by atomic mass is 9.83. The highest BCUT2D eigenvalue weighted by Crippen LogP contribution is 2.28. The van der Waals surface area contributed by atoms with Crippen molar-refractivity contribution in [3.05, 3.63) is 35.0 Å². The van der Waals surface area contributed by atoms with Gasteiger partial charge in [-0.1, -0.05) is 25.4 Å². The predicted molar refractivity (Wildman–Crippen MR) is 82.2 cm³/mol. The molecule has 1 aromatic carbocycles. The first-order chi connectivity index (χ1) is 9.41. The molecule has 2 N–H and O–H groups in total. The third-order valence-corrected chi connectivity index (χ3v) is 3.84. The normalized spacial score (nSPS) is 12.0. The van der Waals surface area contributed by atoms with Crippen molar-refractivity contribution in [2.24, 2.45) is 11.1 Å². The van der Waals surface area contributed by atoms with E-state index in [1.54, 1.807) is 24.3 Å². The molecule has 2 aromatic rings. The zero-order valence-corrected chi connectivity index (χ0v) is 12.7. The van der Waals surface area contributed by atoms with Gasteiger partial charge in [0.25, 0.3) is 0 Å². The van der Waals surface area contributed by atoms with E-state index in [1.165, 1.54) is 0 Å². The minimum absolute atomic E-state index is 0.0300. The molecule has 0 saturated heterocycles. The van der Waals surface area contributed by atoms with E-state index in [4.69, 9.17) is 21.8 Å². The molecule has 0 saturated carbocycles. The number of furan rings is 1. The molecule has 0 aliphatic heterocycles. The number of carbonyl (C=O) groups excluding carboxylic acids is 1. The minimum atomic E-state index is 0.0300. The van der Waals surface area contributed by atoms with Crippen LogP contribution in [0.4, 0.5) is 0 Å². The molecule has 0 unspecified atom stereocenters. The van der Waals surface area contributed by atoms with Crippen molar-refractivity contribution in [1.82, 2.24) is 0 Å². The molecular formula is C16H20ClNO2. The molecule has 3 nitrogen and oxygen atoms in total. The topological polar surface area (TPSA) is 56.2 Å². The molecule has 2 rings (SSSR count). The molecule has 1 heterocycles. The Bertz CT molecular complexity index is 616. The van der Waals surface area contributed by atoms with Gasteiger partial charge in [-0.05, 0) is 49.1 Å². The lowest BCUT2D eigenvalue weighted by Crippen LogP contribution is -2.18. The SMILES string of the molecule is CC(C)(CCN)CCC(=O)c1cc2cc(Cl)ccc2o1. The van der Waals surface area contributed by atoms with Gasteiger partial charge in [-0.15, -0.1) is 0 Å². The Balaban J connectivity index is 2.08. The Morgan fingerprint density at radius 3 is 2.75 bits per heavy atom. The molecule has 0 aliphatic rings. The van der Waals surface area contributed by atoms with E-state index in [9.17, 15) is 4.79 Å². The average Bonchev–Trinajstić information content (AvgIpc) is 2.79. The van der Waals surface area contributed by atoms with Crippen molar-refractivity contribution in [2.75, 3.05) is 6.54 Å². The van der Waals surface area contributed by atoms with E-state index in [0.29, 0.717) is 29.3 Å². The predicted octanol–water partition coefficient (Wildman–Crippen LogP) is 4.42. The number of halogens is 1. The van der Waals surface area contributed by atoms with E-state index in [1.807, 2.05) is 0 Å². The molecular weight excluding hydrogens is 274 g/mol. The number of rotatable bonds is 6. The number of hydrogen-bond donors (Lipinski definition) is 1. The fraction of sp³-hybridized carbons (Fsp3) is 0.438. The second-order valence-electron chi connectivity index (χ2n) is 5.92. The molecule has 4 heteroatoms. The Labute approximate surface area is 124 Å². The minimum Gasteiger partial charge on any atom is -0.453 e. The van der Waals surface area contributed by atoms with E-state index < -0.39 is 0 Å². The first-order valence-corrected chi connectivity index (χ1v) is 7.21. The van der Waals surface area contributed by atoms with Crippen LogP contribution in [0, 0.1) is 5.41 Å². The van der Waals surface area contributed by atoms with E-state index in [-0.39, 0.29) is 11.2 Å². The van der Waals surface area contributed by atoms with Crippen LogP contribution < -0.4 is 5.73 Å². The second-order valence-corrected chi connectivity index (χ2v) is 6.36. The standard InChI is InChI=1S/C16H20ClNO2/c1-16(2,7-8-18)6-5-13(19)15-10-11-9-12(17)3-4-14(11)20-15/h3-4,9-10H,5-8,18H2,1-2H3. The third-order valence-electron chi connectivity index (χ3n) is 3.60. The first kappa shape index (κ1) is 15.1. The van der Waals surface area contributed by atoms with E-state index in [0.717, 1.165) is 18.2 Å². The van der Waals surface area contributed by atoms with Crippen molar-refractivity contribution in [3.8, 4) is 0 Å². The van der Waals surface area contributed by atoms with Gasteiger partial charge in [-0.2, -0.15) is 0 Å². The molecule has 1 aromatic heterocycles. The fourth-order valence-corrected chi connectivity index (χ4v) is 2.42. The van der Waals surface area contributed by atoms with Crippen molar-refractivity contribution in [3.63, 3.8) is 0 Å². The fourth-order valence-electron chi connectivity index (χ4n) is 2.24. The maximum atomic E-state index is 12.2. The summed E-state index contributed by atoms with van der Waals surface area (Å²) in [4.78, 5) is 12.2. The van der Waals surface area contributed by atoms with Crippen LogP contribution in [-0.2, 0) is 0 Å². The quantitative estimate of drug-likeness (QED) is 0.802. The maximum Gasteiger partial charge on any atom is 0.198 e. The van der Waals surface area contributed by atoms with Crippen molar-refractivity contribution < 1.29 is 9.21 Å². The Morgan fingerprint density at radius 2 is 2.05 bits per heavy atom. The van der Waals surface area contributed by atoms with Crippen molar-refractivity contribution >= 4 is 28.4 Å². The smallest absolute Gasteiger partial charge is 0.198 e. The Morgan fingerprint density at radius 1 is 1.30 bits per heavy atom. The molecule has 0 spiro atoms. The summed E-state index contributed by atoms with van der Waals surface area (Å²) < 4.78 is 5.58. The molecule has 0 amide bonds. The number of Topliss-reactive ketones (excluding diaryl/α,β-unsaturated/α-hetero) is 1. The summed E-state index contributed by atoms with van der Waals surface area (Å²) >= 11 is 5.92. The van der Waals surface area contributed by atoms with Crippen LogP contribution in [0.5, 0.6) is 0 Å². The second kappa shape index (κ2) is 5.98. The third kappa shape index (κ3) is 3.62. The molecule has 0 aliphatic carbocycles. The molecule has 0 radical (unpaired) electrons. The average molecular weight is 294 g/mol. The summed E-state index contributed by atoms with van der Waals surface area (Å²) in [5.74, 6) is 0.438. The van der Waals surface area contributed by atoms with E-state index in [2.05, 4.69) is 13.8 Å². The van der Waals surface area contributed by atoms with E-state index >= 15 is 0 Å². The monoisotopic (exact) mass is 293 g/mol. The number of nitrogens with two attached hydrogens (primary N) is 1. The van der Waals surface area contributed by atoms with Gasteiger partial charge in [0.15, 0.2) is 11.5 Å². The molecule has 0 fully saturated rings. The zero-order valence-electron chi connectivity index (χ0n) is 11.9. The number of carbonyl (C=O) groups is 1. The zero-order chi connectivity index (χ0) is 14.8. The van der Waals surface area contributed by atoms with Crippen LogP contribution in [0.1, 0.15) is 43.7 Å². The molecule has 0 bridgehead atoms. The van der Waals surface area contributed by atoms with Crippen molar-refractivity contribution in [1.29, 1.82) is 0 Å². The number of hydrogen-bond acceptors (Lipinski definition) is 3. The summed E-state index contributed by atoms with van der Waals surface area (Å²) in [7, 11) is 0. The van der Waals surface area contributed by atoms with Crippen molar-refractivity contribution in [2.45, 2.75) is 33.1 Å². The molecule has 108 valence electrons. The largest absolute Gasteiger partial charge is 0.453 e. The highest BCUT2D eigenvalue weighted by Gasteiger charge is 2.20. The molecule has 20 heavy (non-hydrogen) atoms. The summed E-state index contributed by atoms with van der Waals surface area (Å²) in [6, 6.07) is 7.10. The van der Waals surface area contributed by atoms with Gasteiger partial charge >= 0.3 is 0 Å². The Kier molecular flexibility index (Phi) is 4.51. The molecule has 0 atom stereocenters. The summed E-state index contributed by atoms with van der Waals surface area (Å²) in [6.45, 7) is 4.90. The van der Waals surface area contributed by atoms with Crippen LogP contribution in [0.2, 0.25) is 5.02 Å². The lowest BCUT2D eigenvalue weighted by molar-refractivity contribution is 0.0936. The van der Waals surface area contributed by atoms with Gasteiger partial charge < -0.3 is 10.2 Å². The van der Waals surface area contributed by atoms with Gasteiger partial charge in [-0.25, -0.2) is 0 Å². The van der Waals surface area contributed by atoms with Gasteiger partial charge in [-0.3, -0.25) is 4.79 Å². The first-order valence-electron chi connectivity index (χ1n) is 6.84. The highest BCUT2D eigenvalue weighted by molar-refractivity contribution is 6.31. The lowest BCUT2D eigenvalue weighted by Gasteiger charge is -2.22. The van der Waals surface area contributed by atoms with Gasteiger partial charge in [0.2, 0.25) is 0 Å². The summed E-state index contributed by atoms with van der Waals surface area (Å²) in [5, 5.41) is 1.50. The summed E-state index contributed by atoms with van der Waals surface area (Å²) in [6.07, 6.45) is 2.19. The maximum absolute atomic E-state index is 12.2. The number of ketones is 1. The van der Waals surface area contributed by atoms with Crippen LogP contribution in [-0.4, -0.2) is 12.3 Å².